The molecule has 2 aromatic heterocycles. The fourth-order valence-electron chi connectivity index (χ4n) is 3.59. The van der Waals surface area contributed by atoms with Crippen molar-refractivity contribution < 1.29 is 19.0 Å². The summed E-state index contributed by atoms with van der Waals surface area (Å²) in [5, 5.41) is 14.6. The number of carbonyl (C=O) groups is 1. The minimum absolute atomic E-state index is 0.0776. The summed E-state index contributed by atoms with van der Waals surface area (Å²) in [6, 6.07) is 15.2. The molecule has 7 heteroatoms. The van der Waals surface area contributed by atoms with E-state index < -0.39 is 11.4 Å². The van der Waals surface area contributed by atoms with Gasteiger partial charge in [0.15, 0.2) is 23.0 Å². The maximum absolute atomic E-state index is 14.3. The fraction of sp³-hybridized carbons (Fsp3) is 0.240. The van der Waals surface area contributed by atoms with E-state index in [2.05, 4.69) is 10.1 Å². The Kier molecular flexibility index (Phi) is 5.52. The van der Waals surface area contributed by atoms with Crippen molar-refractivity contribution in [3.05, 3.63) is 82.9 Å². The predicted octanol–water partition coefficient (Wildman–Crippen LogP) is 4.51. The van der Waals surface area contributed by atoms with Gasteiger partial charge in [-0.2, -0.15) is 5.10 Å². The van der Waals surface area contributed by atoms with Crippen LogP contribution in [0.15, 0.2) is 54.6 Å². The van der Waals surface area contributed by atoms with E-state index in [0.717, 1.165) is 11.3 Å². The first-order valence-electron chi connectivity index (χ1n) is 10.2. The lowest BCUT2D eigenvalue weighted by atomic mass is 9.96. The molecule has 2 heterocycles. The van der Waals surface area contributed by atoms with Gasteiger partial charge in [0.2, 0.25) is 0 Å². The third-order valence-electron chi connectivity index (χ3n) is 5.30. The molecule has 0 atom stereocenters. The lowest BCUT2D eigenvalue weighted by Gasteiger charge is -2.17. The molecule has 0 aliphatic heterocycles. The van der Waals surface area contributed by atoms with Crippen LogP contribution in [0, 0.1) is 12.7 Å². The van der Waals surface area contributed by atoms with Crippen LogP contribution >= 0.6 is 0 Å². The lowest BCUT2D eigenvalue weighted by Crippen LogP contribution is -2.15. The van der Waals surface area contributed by atoms with Crippen molar-refractivity contribution in [2.24, 2.45) is 0 Å². The molecule has 164 valence electrons. The molecular formula is C25H24FN3O3. The molecule has 0 unspecified atom stereocenters. The van der Waals surface area contributed by atoms with E-state index in [-0.39, 0.29) is 18.0 Å². The number of methoxy groups -OCH3 is 1. The van der Waals surface area contributed by atoms with Crippen LogP contribution in [0.25, 0.3) is 16.9 Å². The molecule has 0 saturated carbocycles. The smallest absolute Gasteiger partial charge is 0.168 e. The first-order chi connectivity index (χ1) is 15.2. The second-order valence-electron chi connectivity index (χ2n) is 8.27. The van der Waals surface area contributed by atoms with E-state index in [1.54, 1.807) is 60.8 Å². The molecule has 0 saturated heterocycles. The highest BCUT2D eigenvalue weighted by Crippen LogP contribution is 2.27. The van der Waals surface area contributed by atoms with Crippen LogP contribution in [-0.4, -0.2) is 32.6 Å². The molecule has 32 heavy (non-hydrogen) atoms. The molecule has 0 aliphatic carbocycles. The molecule has 0 radical (unpaired) electrons. The van der Waals surface area contributed by atoms with Crippen LogP contribution in [0.3, 0.4) is 0 Å². The Hall–Kier alpha value is -3.58. The van der Waals surface area contributed by atoms with Crippen molar-refractivity contribution in [1.29, 1.82) is 0 Å². The van der Waals surface area contributed by atoms with Crippen LogP contribution in [0.2, 0.25) is 0 Å². The summed E-state index contributed by atoms with van der Waals surface area (Å²) in [7, 11) is 1.41. The number of fused-ring (bicyclic) bond motifs is 1. The maximum atomic E-state index is 14.3. The van der Waals surface area contributed by atoms with Crippen LogP contribution in [0.1, 0.15) is 41.2 Å². The number of aromatic nitrogens is 3. The highest BCUT2D eigenvalue weighted by atomic mass is 19.1. The van der Waals surface area contributed by atoms with Crippen LogP contribution in [0.5, 0.6) is 5.75 Å². The number of ether oxygens (including phenoxy) is 1. The molecule has 0 amide bonds. The SMILES string of the molecule is COc1ccc(-c2cc(CC(=O)c3ccc(C(C)(C)O)cc3)nc3cc(C)nn23)cc1F. The quantitative estimate of drug-likeness (QED) is 0.453. The second-order valence-corrected chi connectivity index (χ2v) is 8.27. The number of aliphatic hydroxyl groups is 1. The summed E-state index contributed by atoms with van der Waals surface area (Å²) in [5.74, 6) is -0.434. The zero-order valence-electron chi connectivity index (χ0n) is 18.4. The van der Waals surface area contributed by atoms with Crippen molar-refractivity contribution in [3.8, 4) is 17.0 Å². The molecule has 4 aromatic rings. The van der Waals surface area contributed by atoms with Gasteiger partial charge in [-0.25, -0.2) is 13.9 Å². The first-order valence-corrected chi connectivity index (χ1v) is 10.2. The topological polar surface area (TPSA) is 76.7 Å². The van der Waals surface area contributed by atoms with E-state index in [1.807, 2.05) is 13.0 Å². The molecular weight excluding hydrogens is 409 g/mol. The Morgan fingerprint density at radius 1 is 1.12 bits per heavy atom. The van der Waals surface area contributed by atoms with Gasteiger partial charge < -0.3 is 9.84 Å². The maximum Gasteiger partial charge on any atom is 0.168 e. The van der Waals surface area contributed by atoms with Gasteiger partial charge in [0, 0.05) is 17.2 Å². The molecule has 0 fully saturated rings. The van der Waals surface area contributed by atoms with Gasteiger partial charge in [0.05, 0.1) is 36.2 Å². The lowest BCUT2D eigenvalue weighted by molar-refractivity contribution is 0.0784. The molecule has 0 bridgehead atoms. The largest absolute Gasteiger partial charge is 0.494 e. The standard InChI is InChI=1S/C25H24FN3O3/c1-15-11-24-27-19(14-22(30)16-5-8-18(9-6-16)25(2,3)31)13-21(29(24)28-15)17-7-10-23(32-4)20(26)12-17/h5-13,31H,14H2,1-4H3. The Morgan fingerprint density at radius 2 is 1.84 bits per heavy atom. The summed E-state index contributed by atoms with van der Waals surface area (Å²) < 4.78 is 21.0. The molecule has 0 aliphatic rings. The van der Waals surface area contributed by atoms with Crippen LogP contribution in [0.4, 0.5) is 4.39 Å². The van der Waals surface area contributed by atoms with E-state index in [9.17, 15) is 14.3 Å². The van der Waals surface area contributed by atoms with Gasteiger partial charge in [0.25, 0.3) is 0 Å². The summed E-state index contributed by atoms with van der Waals surface area (Å²) in [6.07, 6.45) is 0.0776. The predicted molar refractivity (Wildman–Crippen MR) is 119 cm³/mol. The number of carbonyl (C=O) groups excluding carboxylic acids is 1. The number of aryl methyl sites for hydroxylation is 1. The van der Waals surface area contributed by atoms with E-state index in [0.29, 0.717) is 28.2 Å². The van der Waals surface area contributed by atoms with Gasteiger partial charge in [0.1, 0.15) is 0 Å². The minimum atomic E-state index is -0.976. The van der Waals surface area contributed by atoms with Crippen molar-refractivity contribution in [2.45, 2.75) is 32.8 Å². The Balaban J connectivity index is 1.71. The van der Waals surface area contributed by atoms with Crippen LogP contribution in [-0.2, 0) is 12.0 Å². The summed E-state index contributed by atoms with van der Waals surface area (Å²) in [5.41, 5.74) is 3.41. The second kappa shape index (κ2) is 8.16. The van der Waals surface area contributed by atoms with Crippen molar-refractivity contribution in [2.75, 3.05) is 7.11 Å². The van der Waals surface area contributed by atoms with E-state index in [1.165, 1.54) is 13.2 Å². The van der Waals surface area contributed by atoms with Gasteiger partial charge >= 0.3 is 0 Å². The zero-order valence-corrected chi connectivity index (χ0v) is 18.4. The zero-order chi connectivity index (χ0) is 23.0. The van der Waals surface area contributed by atoms with Crippen LogP contribution < -0.4 is 4.74 Å². The number of Topliss-reactive ketones (excluding diaryl/α,β-unsaturated/α-hetero) is 1. The molecule has 2 aromatic carbocycles. The van der Waals surface area contributed by atoms with Crippen molar-refractivity contribution in [3.63, 3.8) is 0 Å². The molecule has 0 spiro atoms. The summed E-state index contributed by atoms with van der Waals surface area (Å²) in [6.45, 7) is 5.24. The van der Waals surface area contributed by atoms with Gasteiger partial charge in [-0.05, 0) is 50.6 Å². The summed E-state index contributed by atoms with van der Waals surface area (Å²) in [4.78, 5) is 17.5. The van der Waals surface area contributed by atoms with E-state index in [4.69, 9.17) is 4.74 Å². The van der Waals surface area contributed by atoms with Gasteiger partial charge in [-0.15, -0.1) is 0 Å². The summed E-state index contributed by atoms with van der Waals surface area (Å²) >= 11 is 0. The average molecular weight is 433 g/mol. The number of benzene rings is 2. The molecule has 6 nitrogen and oxygen atoms in total. The third-order valence-corrected chi connectivity index (χ3v) is 5.30. The average Bonchev–Trinajstić information content (AvgIpc) is 3.12. The normalized spacial score (nSPS) is 11.7. The van der Waals surface area contributed by atoms with Gasteiger partial charge in [-0.3, -0.25) is 4.79 Å². The van der Waals surface area contributed by atoms with E-state index >= 15 is 0 Å². The highest BCUT2D eigenvalue weighted by molar-refractivity contribution is 5.97. The van der Waals surface area contributed by atoms with Gasteiger partial charge in [-0.1, -0.05) is 24.3 Å². The number of halogens is 1. The number of ketones is 1. The van der Waals surface area contributed by atoms with Crippen molar-refractivity contribution in [1.82, 2.24) is 14.6 Å². The Morgan fingerprint density at radius 3 is 2.47 bits per heavy atom. The van der Waals surface area contributed by atoms with Crippen molar-refractivity contribution >= 4 is 11.4 Å². The monoisotopic (exact) mass is 433 g/mol. The molecule has 4 rings (SSSR count). The molecule has 1 N–H and O–H groups in total. The number of nitrogens with zero attached hydrogens (tertiary/aromatic N) is 3. The number of rotatable bonds is 6. The fourth-order valence-corrected chi connectivity index (χ4v) is 3.59. The Labute approximate surface area is 185 Å². The highest BCUT2D eigenvalue weighted by Gasteiger charge is 2.18. The first kappa shape index (κ1) is 21.6. The minimum Gasteiger partial charge on any atom is -0.494 e. The number of hydrogen-bond acceptors (Lipinski definition) is 5. The number of hydrogen-bond donors (Lipinski definition) is 1. The Bertz CT molecular complexity index is 1300. The third kappa shape index (κ3) is 4.24.